The van der Waals surface area contributed by atoms with Crippen LogP contribution in [0.1, 0.15) is 29.5 Å². The molecular weight excluding hydrogens is 350 g/mol. The zero-order valence-corrected chi connectivity index (χ0v) is 14.8. The van der Waals surface area contributed by atoms with Gasteiger partial charge >= 0.3 is 0 Å². The van der Waals surface area contributed by atoms with Crippen LogP contribution in [0.2, 0.25) is 0 Å². The summed E-state index contributed by atoms with van der Waals surface area (Å²) >= 11 is 1.62. The van der Waals surface area contributed by atoms with Crippen LogP contribution < -0.4 is 0 Å². The van der Waals surface area contributed by atoms with E-state index in [9.17, 15) is 14.9 Å². The third-order valence-corrected chi connectivity index (χ3v) is 5.84. The van der Waals surface area contributed by atoms with E-state index in [0.717, 1.165) is 28.1 Å². The molecule has 1 amide bonds. The van der Waals surface area contributed by atoms with E-state index in [1.807, 2.05) is 29.2 Å². The standard InChI is InChI=1S/C19H17N3O3S/c23-18(12-13-6-1-3-8-15(13)22(24)25)21-11-5-9-16(21)19-20-14-7-2-4-10-17(14)26-19/h1-4,6-8,10,16H,5,9,11-12H2/t16-/m1/s1. The second-order valence-electron chi connectivity index (χ2n) is 6.33. The smallest absolute Gasteiger partial charge is 0.273 e. The molecule has 1 aromatic heterocycles. The number of nitrogens with zero attached hydrogens (tertiary/aromatic N) is 3. The van der Waals surface area contributed by atoms with Gasteiger partial charge < -0.3 is 4.90 Å². The fraction of sp³-hybridized carbons (Fsp3) is 0.263. The molecule has 0 saturated carbocycles. The molecule has 2 heterocycles. The van der Waals surface area contributed by atoms with Gasteiger partial charge in [0.1, 0.15) is 5.01 Å². The highest BCUT2D eigenvalue weighted by atomic mass is 32.1. The number of nitro benzene ring substituents is 1. The maximum atomic E-state index is 12.9. The van der Waals surface area contributed by atoms with E-state index in [1.165, 1.54) is 6.07 Å². The molecule has 132 valence electrons. The summed E-state index contributed by atoms with van der Waals surface area (Å²) in [6.07, 6.45) is 1.84. The number of carbonyl (C=O) groups excluding carboxylic acids is 1. The number of rotatable bonds is 4. The van der Waals surface area contributed by atoms with Crippen molar-refractivity contribution >= 4 is 33.1 Å². The number of nitro groups is 1. The highest BCUT2D eigenvalue weighted by Gasteiger charge is 2.32. The minimum Gasteiger partial charge on any atom is -0.333 e. The van der Waals surface area contributed by atoms with E-state index in [0.29, 0.717) is 12.1 Å². The van der Waals surface area contributed by atoms with Crippen molar-refractivity contribution in [3.05, 3.63) is 69.2 Å². The van der Waals surface area contributed by atoms with Crippen molar-refractivity contribution in [3.63, 3.8) is 0 Å². The van der Waals surface area contributed by atoms with E-state index in [4.69, 9.17) is 4.98 Å². The van der Waals surface area contributed by atoms with Gasteiger partial charge in [-0.25, -0.2) is 4.98 Å². The summed E-state index contributed by atoms with van der Waals surface area (Å²) in [5.74, 6) is -0.0824. The van der Waals surface area contributed by atoms with Crippen LogP contribution in [-0.4, -0.2) is 27.3 Å². The van der Waals surface area contributed by atoms with Gasteiger partial charge in [-0.1, -0.05) is 30.3 Å². The second-order valence-corrected chi connectivity index (χ2v) is 7.39. The molecule has 1 saturated heterocycles. The molecule has 2 aromatic carbocycles. The van der Waals surface area contributed by atoms with Gasteiger partial charge in [-0.2, -0.15) is 0 Å². The molecule has 7 heteroatoms. The normalized spacial score (nSPS) is 16.9. The second kappa shape index (κ2) is 6.84. The van der Waals surface area contributed by atoms with Crippen LogP contribution in [0.3, 0.4) is 0 Å². The van der Waals surface area contributed by atoms with Crippen LogP contribution in [0, 0.1) is 10.1 Å². The number of hydrogen-bond acceptors (Lipinski definition) is 5. The highest BCUT2D eigenvalue weighted by molar-refractivity contribution is 7.18. The molecule has 26 heavy (non-hydrogen) atoms. The van der Waals surface area contributed by atoms with Gasteiger partial charge in [-0.3, -0.25) is 14.9 Å². The van der Waals surface area contributed by atoms with E-state index < -0.39 is 4.92 Å². The van der Waals surface area contributed by atoms with Gasteiger partial charge in [0.2, 0.25) is 5.91 Å². The third kappa shape index (κ3) is 3.06. The molecule has 4 rings (SSSR count). The van der Waals surface area contributed by atoms with Crippen LogP contribution in [0.25, 0.3) is 10.2 Å². The van der Waals surface area contributed by atoms with Crippen molar-refractivity contribution in [2.45, 2.75) is 25.3 Å². The van der Waals surface area contributed by atoms with Crippen molar-refractivity contribution in [1.82, 2.24) is 9.88 Å². The average molecular weight is 367 g/mol. The summed E-state index contributed by atoms with van der Waals surface area (Å²) in [5.41, 5.74) is 1.40. The van der Waals surface area contributed by atoms with Crippen LogP contribution >= 0.6 is 11.3 Å². The van der Waals surface area contributed by atoms with E-state index in [-0.39, 0.29) is 24.1 Å². The molecule has 1 aliphatic heterocycles. The quantitative estimate of drug-likeness (QED) is 0.514. The van der Waals surface area contributed by atoms with E-state index >= 15 is 0 Å². The van der Waals surface area contributed by atoms with Gasteiger partial charge in [0.05, 0.1) is 27.6 Å². The lowest BCUT2D eigenvalue weighted by Gasteiger charge is -2.23. The lowest BCUT2D eigenvalue weighted by molar-refractivity contribution is -0.385. The highest BCUT2D eigenvalue weighted by Crippen LogP contribution is 2.37. The maximum Gasteiger partial charge on any atom is 0.273 e. The number of hydrogen-bond donors (Lipinski definition) is 0. The molecule has 0 spiro atoms. The Morgan fingerprint density at radius 2 is 2.00 bits per heavy atom. The summed E-state index contributed by atoms with van der Waals surface area (Å²) < 4.78 is 1.11. The monoisotopic (exact) mass is 367 g/mol. The summed E-state index contributed by atoms with van der Waals surface area (Å²) in [6, 6.07) is 14.3. The minimum absolute atomic E-state index is 0.00316. The fourth-order valence-corrected chi connectivity index (χ4v) is 4.57. The average Bonchev–Trinajstić information content (AvgIpc) is 3.28. The van der Waals surface area contributed by atoms with Crippen LogP contribution in [0.15, 0.2) is 48.5 Å². The Morgan fingerprint density at radius 1 is 1.23 bits per heavy atom. The van der Waals surface area contributed by atoms with E-state index in [2.05, 4.69) is 0 Å². The maximum absolute atomic E-state index is 12.9. The molecule has 1 aliphatic rings. The molecule has 0 unspecified atom stereocenters. The fourth-order valence-electron chi connectivity index (χ4n) is 3.46. The summed E-state index contributed by atoms with van der Waals surface area (Å²) in [5, 5.41) is 12.1. The summed E-state index contributed by atoms with van der Waals surface area (Å²) in [6.45, 7) is 0.667. The first-order valence-electron chi connectivity index (χ1n) is 8.51. The first kappa shape index (κ1) is 16.7. The predicted molar refractivity (Wildman–Crippen MR) is 100 cm³/mol. The Morgan fingerprint density at radius 3 is 2.81 bits per heavy atom. The first-order chi connectivity index (χ1) is 12.6. The largest absolute Gasteiger partial charge is 0.333 e. The number of amides is 1. The van der Waals surface area contributed by atoms with Gasteiger partial charge in [0.25, 0.3) is 5.69 Å². The summed E-state index contributed by atoms with van der Waals surface area (Å²) in [4.78, 5) is 30.1. The van der Waals surface area contributed by atoms with Crippen molar-refractivity contribution in [2.24, 2.45) is 0 Å². The molecule has 3 aromatic rings. The number of aromatic nitrogens is 1. The Balaban J connectivity index is 1.58. The number of benzene rings is 2. The zero-order valence-electron chi connectivity index (χ0n) is 14.0. The number of carbonyl (C=O) groups is 1. The number of thiazole rings is 1. The zero-order chi connectivity index (χ0) is 18.1. The lowest BCUT2D eigenvalue weighted by Crippen LogP contribution is -2.31. The number of likely N-dealkylation sites (tertiary alicyclic amines) is 1. The minimum atomic E-state index is -0.433. The third-order valence-electron chi connectivity index (χ3n) is 4.70. The van der Waals surface area contributed by atoms with Crippen LogP contribution in [-0.2, 0) is 11.2 Å². The Bertz CT molecular complexity index is 952. The Kier molecular flexibility index (Phi) is 4.38. The van der Waals surface area contributed by atoms with Crippen LogP contribution in [0.5, 0.6) is 0 Å². The van der Waals surface area contributed by atoms with Gasteiger partial charge in [-0.05, 0) is 25.0 Å². The van der Waals surface area contributed by atoms with Gasteiger partial charge in [0, 0.05) is 18.2 Å². The van der Waals surface area contributed by atoms with Crippen molar-refractivity contribution in [3.8, 4) is 0 Å². The lowest BCUT2D eigenvalue weighted by atomic mass is 10.1. The molecule has 0 aliphatic carbocycles. The SMILES string of the molecule is O=C(Cc1ccccc1[N+](=O)[O-])N1CCC[C@@H]1c1nc2ccccc2s1. The Hall–Kier alpha value is -2.80. The van der Waals surface area contributed by atoms with Gasteiger partial charge in [0.15, 0.2) is 0 Å². The number of fused-ring (bicyclic) bond motifs is 1. The van der Waals surface area contributed by atoms with Gasteiger partial charge in [-0.15, -0.1) is 11.3 Å². The van der Waals surface area contributed by atoms with Crippen molar-refractivity contribution in [1.29, 1.82) is 0 Å². The first-order valence-corrected chi connectivity index (χ1v) is 9.32. The molecule has 0 N–H and O–H groups in total. The van der Waals surface area contributed by atoms with Crippen LogP contribution in [0.4, 0.5) is 5.69 Å². The molecule has 0 radical (unpaired) electrons. The Labute approximate surface area is 154 Å². The van der Waals surface area contributed by atoms with Crippen molar-refractivity contribution in [2.75, 3.05) is 6.54 Å². The molecule has 1 fully saturated rings. The van der Waals surface area contributed by atoms with E-state index in [1.54, 1.807) is 29.5 Å². The molecular formula is C19H17N3O3S. The summed E-state index contributed by atoms with van der Waals surface area (Å²) in [7, 11) is 0. The number of para-hydroxylation sites is 2. The van der Waals surface area contributed by atoms with Crippen molar-refractivity contribution < 1.29 is 9.72 Å². The molecule has 6 nitrogen and oxygen atoms in total. The molecule has 0 bridgehead atoms. The molecule has 1 atom stereocenters. The predicted octanol–water partition coefficient (Wildman–Crippen LogP) is 4.11. The topological polar surface area (TPSA) is 76.3 Å².